The van der Waals surface area contributed by atoms with Crippen molar-refractivity contribution in [3.05, 3.63) is 28.8 Å². The van der Waals surface area contributed by atoms with Crippen molar-refractivity contribution in [3.63, 3.8) is 0 Å². The van der Waals surface area contributed by atoms with Gasteiger partial charge in [0.25, 0.3) is 0 Å². The third-order valence-corrected chi connectivity index (χ3v) is 4.86. The summed E-state index contributed by atoms with van der Waals surface area (Å²) in [6, 6.07) is 3.82. The van der Waals surface area contributed by atoms with Crippen molar-refractivity contribution < 1.29 is 74.5 Å². The zero-order valence-corrected chi connectivity index (χ0v) is 16.5. The molecule has 0 bridgehead atoms. The van der Waals surface area contributed by atoms with Crippen LogP contribution in [-0.4, -0.2) is 30.1 Å². The van der Waals surface area contributed by atoms with Gasteiger partial charge in [-0.25, -0.2) is 0 Å². The molecule has 0 amide bonds. The predicted molar refractivity (Wildman–Crippen MR) is 74.5 cm³/mol. The first-order valence-electron chi connectivity index (χ1n) is 6.21. The molecule has 1 aliphatic rings. The normalized spacial score (nSPS) is 18.2. The van der Waals surface area contributed by atoms with Crippen LogP contribution in [0.4, 0.5) is 18.9 Å². The summed E-state index contributed by atoms with van der Waals surface area (Å²) in [5.74, 6) is -1.26. The minimum Gasteiger partial charge on any atom is -0.549 e. The second kappa shape index (κ2) is 8.59. The van der Waals surface area contributed by atoms with Gasteiger partial charge in [-0.1, -0.05) is 17.7 Å². The van der Waals surface area contributed by atoms with E-state index >= 15 is 0 Å². The van der Waals surface area contributed by atoms with E-state index in [0.29, 0.717) is 25.2 Å². The standard InChI is InChI=1S/C13H13ClF3NO2S.K/c14-12-9(13(15,16)17)2-1-3-10(12)18-5-4-8(6-18)21-7-11(19)20;/h1-3,8H,4-7H2,(H,19,20);/q;+1/p-1. The number of hydrogen-bond acceptors (Lipinski definition) is 4. The van der Waals surface area contributed by atoms with Crippen molar-refractivity contribution in [2.45, 2.75) is 17.8 Å². The van der Waals surface area contributed by atoms with E-state index in [1.165, 1.54) is 17.8 Å². The second-order valence-electron chi connectivity index (χ2n) is 4.68. The van der Waals surface area contributed by atoms with Crippen LogP contribution in [0.15, 0.2) is 18.2 Å². The average molecular weight is 378 g/mol. The van der Waals surface area contributed by atoms with E-state index in [1.807, 2.05) is 0 Å². The molecule has 3 nitrogen and oxygen atoms in total. The Morgan fingerprint density at radius 1 is 1.45 bits per heavy atom. The zero-order chi connectivity index (χ0) is 15.6. The monoisotopic (exact) mass is 377 g/mol. The number of benzene rings is 1. The maximum atomic E-state index is 12.8. The quantitative estimate of drug-likeness (QED) is 0.659. The van der Waals surface area contributed by atoms with Gasteiger partial charge in [-0.15, -0.1) is 0 Å². The number of carboxylic acids is 1. The summed E-state index contributed by atoms with van der Waals surface area (Å²) in [5, 5.41) is 10.2. The van der Waals surface area contributed by atoms with Crippen LogP contribution in [0.5, 0.6) is 0 Å². The van der Waals surface area contributed by atoms with Crippen molar-refractivity contribution in [1.82, 2.24) is 0 Å². The molecule has 1 aromatic rings. The average Bonchev–Trinajstić information content (AvgIpc) is 2.83. The van der Waals surface area contributed by atoms with E-state index in [9.17, 15) is 23.1 Å². The molecule has 1 aromatic carbocycles. The van der Waals surface area contributed by atoms with Gasteiger partial charge < -0.3 is 14.8 Å². The molecular weight excluding hydrogens is 366 g/mol. The Labute approximate surface area is 178 Å². The van der Waals surface area contributed by atoms with Gasteiger partial charge in [-0.2, -0.15) is 24.9 Å². The van der Waals surface area contributed by atoms with Crippen molar-refractivity contribution in [3.8, 4) is 0 Å². The topological polar surface area (TPSA) is 43.4 Å². The largest absolute Gasteiger partial charge is 1.00 e. The summed E-state index contributed by atoms with van der Waals surface area (Å²) in [5.41, 5.74) is -0.518. The molecule has 22 heavy (non-hydrogen) atoms. The predicted octanol–water partition coefficient (Wildman–Crippen LogP) is -0.575. The number of anilines is 1. The Bertz CT molecular complexity index is 545. The number of carboxylic acid groups (broad SMARTS) is 1. The van der Waals surface area contributed by atoms with E-state index in [2.05, 4.69) is 0 Å². The summed E-state index contributed by atoms with van der Waals surface area (Å²) in [4.78, 5) is 12.2. The van der Waals surface area contributed by atoms with Gasteiger partial charge in [0.2, 0.25) is 0 Å². The molecular formula is C13H12ClF3KNO2S. The number of rotatable bonds is 4. The molecule has 0 aromatic heterocycles. The molecule has 116 valence electrons. The van der Waals surface area contributed by atoms with Crippen molar-refractivity contribution >= 4 is 35.0 Å². The summed E-state index contributed by atoms with van der Waals surface area (Å²) >= 11 is 7.11. The third-order valence-electron chi connectivity index (χ3n) is 3.21. The fourth-order valence-electron chi connectivity index (χ4n) is 2.25. The molecule has 1 aliphatic heterocycles. The minimum absolute atomic E-state index is 0. The Balaban J connectivity index is 0.00000242. The van der Waals surface area contributed by atoms with Crippen LogP contribution < -0.4 is 61.4 Å². The van der Waals surface area contributed by atoms with Gasteiger partial charge >= 0.3 is 57.6 Å². The summed E-state index contributed by atoms with van der Waals surface area (Å²) in [6.07, 6.45) is -3.79. The fraction of sp³-hybridized carbons (Fsp3) is 0.462. The number of thioether (sulfide) groups is 1. The molecule has 1 fully saturated rings. The fourth-order valence-corrected chi connectivity index (χ4v) is 3.53. The molecule has 1 atom stereocenters. The third kappa shape index (κ3) is 5.29. The second-order valence-corrected chi connectivity index (χ2v) is 6.34. The summed E-state index contributed by atoms with van der Waals surface area (Å²) in [6.45, 7) is 1.02. The van der Waals surface area contributed by atoms with E-state index in [1.54, 1.807) is 11.0 Å². The summed E-state index contributed by atoms with van der Waals surface area (Å²) < 4.78 is 38.5. The van der Waals surface area contributed by atoms with Crippen LogP contribution in [0.2, 0.25) is 5.02 Å². The maximum absolute atomic E-state index is 12.8. The van der Waals surface area contributed by atoms with E-state index in [4.69, 9.17) is 11.6 Å². The van der Waals surface area contributed by atoms with Gasteiger partial charge in [-0.05, 0) is 18.6 Å². The molecule has 0 aliphatic carbocycles. The van der Waals surface area contributed by atoms with Gasteiger partial charge in [0.05, 0.1) is 22.2 Å². The van der Waals surface area contributed by atoms with Crippen LogP contribution in [0.3, 0.4) is 0 Å². The molecule has 1 saturated heterocycles. The Kier molecular flexibility index (Phi) is 8.05. The van der Waals surface area contributed by atoms with Gasteiger partial charge in [0.1, 0.15) is 0 Å². The van der Waals surface area contributed by atoms with Gasteiger partial charge in [-0.3, -0.25) is 0 Å². The van der Waals surface area contributed by atoms with Crippen LogP contribution in [0.25, 0.3) is 0 Å². The van der Waals surface area contributed by atoms with Crippen molar-refractivity contribution in [2.75, 3.05) is 23.7 Å². The van der Waals surface area contributed by atoms with Crippen molar-refractivity contribution in [1.29, 1.82) is 0 Å². The number of alkyl halides is 3. The van der Waals surface area contributed by atoms with E-state index in [0.717, 1.165) is 6.07 Å². The first kappa shape index (κ1) is 20.6. The SMILES string of the molecule is O=C([O-])CSC1CCN(c2cccc(C(F)(F)F)c2Cl)C1.[K+]. The Morgan fingerprint density at radius 3 is 2.73 bits per heavy atom. The minimum atomic E-state index is -4.49. The van der Waals surface area contributed by atoms with E-state index < -0.39 is 17.7 Å². The maximum Gasteiger partial charge on any atom is 1.00 e. The number of hydrogen-bond donors (Lipinski definition) is 0. The molecule has 1 heterocycles. The molecule has 9 heteroatoms. The molecule has 2 rings (SSSR count). The number of nitrogens with zero attached hydrogens (tertiary/aromatic N) is 1. The Hall–Kier alpha value is 0.556. The van der Waals surface area contributed by atoms with Crippen LogP contribution in [0.1, 0.15) is 12.0 Å². The van der Waals surface area contributed by atoms with Gasteiger partial charge in [0, 0.05) is 24.1 Å². The van der Waals surface area contributed by atoms with Crippen LogP contribution in [-0.2, 0) is 11.0 Å². The Morgan fingerprint density at radius 2 is 2.14 bits per heavy atom. The number of aliphatic carboxylic acids is 1. The first-order chi connectivity index (χ1) is 9.79. The van der Waals surface area contributed by atoms with Gasteiger partial charge in [0.15, 0.2) is 0 Å². The smallest absolute Gasteiger partial charge is 0.549 e. The van der Waals surface area contributed by atoms with E-state index in [-0.39, 0.29) is 67.4 Å². The van der Waals surface area contributed by atoms with Crippen LogP contribution in [0, 0.1) is 0 Å². The zero-order valence-electron chi connectivity index (χ0n) is 11.8. The van der Waals surface area contributed by atoms with Crippen LogP contribution >= 0.6 is 23.4 Å². The number of halogens is 4. The van der Waals surface area contributed by atoms with Crippen molar-refractivity contribution in [2.24, 2.45) is 0 Å². The number of carbonyl (C=O) groups is 1. The number of carbonyl (C=O) groups excluding carboxylic acids is 1. The molecule has 0 saturated carbocycles. The molecule has 0 N–H and O–H groups in total. The molecule has 1 unspecified atom stereocenters. The molecule has 0 spiro atoms. The molecule has 0 radical (unpaired) electrons. The first-order valence-corrected chi connectivity index (χ1v) is 7.64. The summed E-state index contributed by atoms with van der Waals surface area (Å²) in [7, 11) is 0.